The van der Waals surface area contributed by atoms with Gasteiger partial charge >= 0.3 is 5.97 Å². The van der Waals surface area contributed by atoms with E-state index in [1.165, 1.54) is 32.8 Å². The molecule has 3 heteroatoms. The third kappa shape index (κ3) is 2.60. The van der Waals surface area contributed by atoms with Crippen molar-refractivity contribution >= 4 is 5.97 Å². The highest BCUT2D eigenvalue weighted by molar-refractivity contribution is 5.73. The van der Waals surface area contributed by atoms with Crippen LogP contribution >= 0.6 is 0 Å². The number of carbonyl (C=O) groups is 1. The van der Waals surface area contributed by atoms with Crippen molar-refractivity contribution in [1.29, 1.82) is 0 Å². The molecule has 0 aromatic heterocycles. The number of ether oxygens (including phenoxy) is 2. The zero-order valence-electron chi connectivity index (χ0n) is 11.3. The molecule has 2 aliphatic carbocycles. The van der Waals surface area contributed by atoms with Crippen molar-refractivity contribution < 1.29 is 14.3 Å². The van der Waals surface area contributed by atoms with Gasteiger partial charge in [0.15, 0.2) is 0 Å². The summed E-state index contributed by atoms with van der Waals surface area (Å²) in [5.74, 6) is 2.22. The highest BCUT2D eigenvalue weighted by Crippen LogP contribution is 2.46. The summed E-state index contributed by atoms with van der Waals surface area (Å²) < 4.78 is 10.9. The van der Waals surface area contributed by atoms with Crippen molar-refractivity contribution in [2.24, 2.45) is 11.8 Å². The van der Waals surface area contributed by atoms with E-state index in [1.807, 2.05) is 24.3 Å². The number of rotatable bonds is 4. The third-order valence-electron chi connectivity index (χ3n) is 4.49. The Hall–Kier alpha value is -1.51. The lowest BCUT2D eigenvalue weighted by molar-refractivity contribution is -0.139. The first kappa shape index (κ1) is 12.5. The number of benzene rings is 1. The molecule has 0 radical (unpaired) electrons. The Balaban J connectivity index is 1.71. The van der Waals surface area contributed by atoms with Crippen molar-refractivity contribution in [3.63, 3.8) is 0 Å². The maximum Gasteiger partial charge on any atom is 0.310 e. The van der Waals surface area contributed by atoms with Crippen LogP contribution in [0.1, 0.15) is 31.2 Å². The number of para-hydroxylation sites is 1. The SMILES string of the molecule is COC(=O)Cc1ccccc1OC1CC2CCC1C2. The molecule has 19 heavy (non-hydrogen) atoms. The van der Waals surface area contributed by atoms with Crippen LogP contribution in [-0.4, -0.2) is 19.2 Å². The Bertz CT molecular complexity index is 469. The minimum Gasteiger partial charge on any atom is -0.490 e. The molecule has 0 N–H and O–H groups in total. The predicted molar refractivity (Wildman–Crippen MR) is 72.0 cm³/mol. The van der Waals surface area contributed by atoms with Crippen LogP contribution in [0.2, 0.25) is 0 Å². The van der Waals surface area contributed by atoms with Crippen LogP contribution < -0.4 is 4.74 Å². The van der Waals surface area contributed by atoms with Gasteiger partial charge < -0.3 is 9.47 Å². The molecule has 3 rings (SSSR count). The summed E-state index contributed by atoms with van der Waals surface area (Å²) in [7, 11) is 1.42. The van der Waals surface area contributed by atoms with Crippen molar-refractivity contribution in [2.75, 3.05) is 7.11 Å². The van der Waals surface area contributed by atoms with Crippen LogP contribution in [0.4, 0.5) is 0 Å². The van der Waals surface area contributed by atoms with E-state index in [1.54, 1.807) is 0 Å². The van der Waals surface area contributed by atoms with E-state index in [2.05, 4.69) is 0 Å². The van der Waals surface area contributed by atoms with E-state index in [9.17, 15) is 4.79 Å². The molecule has 0 heterocycles. The van der Waals surface area contributed by atoms with Gasteiger partial charge in [0.2, 0.25) is 0 Å². The van der Waals surface area contributed by atoms with Gasteiger partial charge in [0.1, 0.15) is 11.9 Å². The second kappa shape index (κ2) is 5.24. The summed E-state index contributed by atoms with van der Waals surface area (Å²) in [4.78, 5) is 11.4. The largest absolute Gasteiger partial charge is 0.490 e. The first-order chi connectivity index (χ1) is 9.26. The number of esters is 1. The first-order valence-corrected chi connectivity index (χ1v) is 7.07. The Labute approximate surface area is 113 Å². The number of hydrogen-bond donors (Lipinski definition) is 0. The smallest absolute Gasteiger partial charge is 0.310 e. The quantitative estimate of drug-likeness (QED) is 0.781. The van der Waals surface area contributed by atoms with Crippen LogP contribution in [0.3, 0.4) is 0 Å². The average Bonchev–Trinajstić information content (AvgIpc) is 3.03. The normalized spacial score (nSPS) is 28.4. The topological polar surface area (TPSA) is 35.5 Å². The maximum absolute atomic E-state index is 11.4. The number of fused-ring (bicyclic) bond motifs is 2. The molecule has 1 aromatic carbocycles. The number of hydrogen-bond acceptors (Lipinski definition) is 3. The molecule has 3 unspecified atom stereocenters. The first-order valence-electron chi connectivity index (χ1n) is 7.07. The van der Waals surface area contributed by atoms with E-state index in [0.717, 1.165) is 23.1 Å². The van der Waals surface area contributed by atoms with E-state index in [4.69, 9.17) is 9.47 Å². The lowest BCUT2D eigenvalue weighted by atomic mass is 9.97. The van der Waals surface area contributed by atoms with Gasteiger partial charge in [-0.3, -0.25) is 4.79 Å². The summed E-state index contributed by atoms with van der Waals surface area (Å²) in [6.07, 6.45) is 5.80. The van der Waals surface area contributed by atoms with Crippen molar-refractivity contribution in [1.82, 2.24) is 0 Å². The summed E-state index contributed by atoms with van der Waals surface area (Å²) in [5.41, 5.74) is 0.928. The minimum atomic E-state index is -0.219. The molecule has 0 amide bonds. The van der Waals surface area contributed by atoms with Crippen LogP contribution in [0.15, 0.2) is 24.3 Å². The summed E-state index contributed by atoms with van der Waals surface area (Å²) in [6.45, 7) is 0. The average molecular weight is 260 g/mol. The van der Waals surface area contributed by atoms with Gasteiger partial charge in [0.25, 0.3) is 0 Å². The van der Waals surface area contributed by atoms with Crippen LogP contribution in [0.5, 0.6) is 5.75 Å². The van der Waals surface area contributed by atoms with Gasteiger partial charge in [-0.15, -0.1) is 0 Å². The molecule has 2 bridgehead atoms. The Morgan fingerprint density at radius 2 is 2.11 bits per heavy atom. The fourth-order valence-corrected chi connectivity index (χ4v) is 3.49. The van der Waals surface area contributed by atoms with Gasteiger partial charge in [-0.25, -0.2) is 0 Å². The van der Waals surface area contributed by atoms with Gasteiger partial charge in [0, 0.05) is 5.56 Å². The fraction of sp³-hybridized carbons (Fsp3) is 0.562. The van der Waals surface area contributed by atoms with Crippen molar-refractivity contribution in [3.05, 3.63) is 29.8 Å². The monoisotopic (exact) mass is 260 g/mol. The van der Waals surface area contributed by atoms with Crippen molar-refractivity contribution in [2.45, 2.75) is 38.2 Å². The minimum absolute atomic E-state index is 0.219. The van der Waals surface area contributed by atoms with Crippen molar-refractivity contribution in [3.8, 4) is 5.75 Å². The summed E-state index contributed by atoms with van der Waals surface area (Å²) >= 11 is 0. The molecule has 102 valence electrons. The highest BCUT2D eigenvalue weighted by Gasteiger charge is 2.41. The van der Waals surface area contributed by atoms with Crippen LogP contribution in [0, 0.1) is 11.8 Å². The zero-order valence-corrected chi connectivity index (χ0v) is 11.3. The Kier molecular flexibility index (Phi) is 3.45. The third-order valence-corrected chi connectivity index (χ3v) is 4.49. The maximum atomic E-state index is 11.4. The second-order valence-electron chi connectivity index (χ2n) is 5.69. The Morgan fingerprint density at radius 1 is 1.26 bits per heavy atom. The van der Waals surface area contributed by atoms with Gasteiger partial charge in [-0.05, 0) is 43.6 Å². The lowest BCUT2D eigenvalue weighted by Crippen LogP contribution is -2.24. The number of methoxy groups -OCH3 is 1. The van der Waals surface area contributed by atoms with E-state index in [0.29, 0.717) is 6.10 Å². The van der Waals surface area contributed by atoms with E-state index in [-0.39, 0.29) is 12.4 Å². The van der Waals surface area contributed by atoms with E-state index < -0.39 is 0 Å². The van der Waals surface area contributed by atoms with Gasteiger partial charge in [-0.1, -0.05) is 18.2 Å². The molecular formula is C16H20O3. The second-order valence-corrected chi connectivity index (χ2v) is 5.69. The standard InChI is InChI=1S/C16H20O3/c1-18-16(17)10-12-4-2-3-5-14(12)19-15-9-11-6-7-13(15)8-11/h2-5,11,13,15H,6-10H2,1H3. The highest BCUT2D eigenvalue weighted by atomic mass is 16.5. The van der Waals surface area contributed by atoms with Crippen LogP contribution in [-0.2, 0) is 16.0 Å². The van der Waals surface area contributed by atoms with Crippen LogP contribution in [0.25, 0.3) is 0 Å². The predicted octanol–water partition coefficient (Wildman–Crippen LogP) is 2.97. The Morgan fingerprint density at radius 3 is 2.79 bits per heavy atom. The molecule has 0 saturated heterocycles. The molecule has 3 nitrogen and oxygen atoms in total. The summed E-state index contributed by atoms with van der Waals surface area (Å²) in [6, 6.07) is 7.80. The molecule has 0 aliphatic heterocycles. The molecular weight excluding hydrogens is 240 g/mol. The number of carbonyl (C=O) groups excluding carboxylic acids is 1. The molecule has 1 aromatic rings. The molecule has 2 aliphatic rings. The van der Waals surface area contributed by atoms with Gasteiger partial charge in [-0.2, -0.15) is 0 Å². The zero-order chi connectivity index (χ0) is 13.2. The molecule has 0 spiro atoms. The van der Waals surface area contributed by atoms with Gasteiger partial charge in [0.05, 0.1) is 13.5 Å². The molecule has 2 fully saturated rings. The van der Waals surface area contributed by atoms with E-state index >= 15 is 0 Å². The molecule has 3 atom stereocenters. The molecule has 2 saturated carbocycles. The summed E-state index contributed by atoms with van der Waals surface area (Å²) in [5, 5.41) is 0. The lowest BCUT2D eigenvalue weighted by Gasteiger charge is -2.24. The fourth-order valence-electron chi connectivity index (χ4n) is 3.49.